The molecule has 4 heterocycles. The van der Waals surface area contributed by atoms with Gasteiger partial charge in [0.05, 0.1) is 46.3 Å². The maximum Gasteiger partial charge on any atom is 0.132 e. The van der Waals surface area contributed by atoms with Crippen LogP contribution in [0.4, 0.5) is 43.4 Å². The number of pyridine rings is 2. The molecule has 0 radical (unpaired) electrons. The Kier molecular flexibility index (Phi) is 10.3. The molecule has 0 saturated carbocycles. The number of hydrogen-bond donors (Lipinski definition) is 0. The first kappa shape index (κ1) is 39.2. The van der Waals surface area contributed by atoms with Gasteiger partial charge in [0.15, 0.2) is 0 Å². The fourth-order valence-electron chi connectivity index (χ4n) is 7.94. The predicted molar refractivity (Wildman–Crippen MR) is 218 cm³/mol. The summed E-state index contributed by atoms with van der Waals surface area (Å²) >= 11 is 6.25. The van der Waals surface area contributed by atoms with E-state index in [0.29, 0.717) is 58.0 Å². The highest BCUT2D eigenvalue weighted by Gasteiger charge is 2.38. The summed E-state index contributed by atoms with van der Waals surface area (Å²) in [5, 5.41) is 1.68. The van der Waals surface area contributed by atoms with Gasteiger partial charge in [-0.2, -0.15) is 0 Å². The molecule has 5 aromatic carbocycles. The Morgan fingerprint density at radius 2 is 1.14 bits per heavy atom. The highest BCUT2D eigenvalue weighted by atomic mass is 35.5. The third-order valence-corrected chi connectivity index (χ3v) is 11.3. The van der Waals surface area contributed by atoms with Crippen molar-refractivity contribution in [2.45, 2.75) is 33.1 Å². The number of rotatable bonds is 4. The third-order valence-electron chi connectivity index (χ3n) is 10.8. The third kappa shape index (κ3) is 7.22. The van der Waals surface area contributed by atoms with Gasteiger partial charge in [0.1, 0.15) is 34.9 Å². The number of morpholine rings is 1. The maximum absolute atomic E-state index is 14.9. The highest BCUT2D eigenvalue weighted by Crippen LogP contribution is 2.49. The molecular formula is C46H37ClF6N4O. The minimum absolute atomic E-state index is 0.000520. The quantitative estimate of drug-likeness (QED) is 0.166. The first-order chi connectivity index (χ1) is 27.7. The molecule has 0 unspecified atom stereocenters. The first-order valence-electron chi connectivity index (χ1n) is 18.7. The molecule has 296 valence electrons. The minimum atomic E-state index is -0.612. The number of benzene rings is 5. The summed E-state index contributed by atoms with van der Waals surface area (Å²) in [7, 11) is 0. The van der Waals surface area contributed by atoms with E-state index < -0.39 is 34.9 Å². The van der Waals surface area contributed by atoms with E-state index in [1.807, 2.05) is 6.92 Å². The lowest BCUT2D eigenvalue weighted by atomic mass is 9.87. The van der Waals surface area contributed by atoms with Crippen molar-refractivity contribution in [1.29, 1.82) is 0 Å². The van der Waals surface area contributed by atoms with Crippen molar-refractivity contribution in [3.63, 3.8) is 0 Å². The van der Waals surface area contributed by atoms with Crippen LogP contribution in [0.15, 0.2) is 91.0 Å². The SMILES string of the molecule is Cc1c(-c2cc(F)ccc2F)nc2cc(F)ccc2c1Cl.Cc1c(-c2cc(F)ccc2F)nc2cc(F)ccc2c1N1CC(C)(C)c2ccc(N3CCOCC3)cc21. The molecule has 0 spiro atoms. The van der Waals surface area contributed by atoms with Crippen molar-refractivity contribution in [2.24, 2.45) is 0 Å². The minimum Gasteiger partial charge on any atom is -0.378 e. The lowest BCUT2D eigenvalue weighted by molar-refractivity contribution is 0.122. The second-order valence-corrected chi connectivity index (χ2v) is 15.6. The zero-order valence-corrected chi connectivity index (χ0v) is 32.8. The molecule has 0 N–H and O–H groups in total. The van der Waals surface area contributed by atoms with Crippen molar-refractivity contribution in [3.05, 3.63) is 148 Å². The molecule has 2 aromatic heterocycles. The molecule has 9 rings (SSSR count). The lowest BCUT2D eigenvalue weighted by Crippen LogP contribution is -2.36. The van der Waals surface area contributed by atoms with E-state index in [1.54, 1.807) is 13.0 Å². The smallest absolute Gasteiger partial charge is 0.132 e. The second kappa shape index (κ2) is 15.3. The van der Waals surface area contributed by atoms with Crippen LogP contribution in [0.5, 0.6) is 0 Å². The summed E-state index contributed by atoms with van der Waals surface area (Å²) in [5.41, 5.74) is 6.53. The van der Waals surface area contributed by atoms with E-state index in [-0.39, 0.29) is 22.2 Å². The number of ether oxygens (including phenoxy) is 1. The van der Waals surface area contributed by atoms with Crippen LogP contribution in [0.25, 0.3) is 44.3 Å². The average Bonchev–Trinajstić information content (AvgIpc) is 3.47. The van der Waals surface area contributed by atoms with Crippen molar-refractivity contribution >= 4 is 50.5 Å². The van der Waals surface area contributed by atoms with Crippen LogP contribution < -0.4 is 9.80 Å². The zero-order chi connectivity index (χ0) is 41.0. The molecule has 0 bridgehead atoms. The monoisotopic (exact) mass is 810 g/mol. The van der Waals surface area contributed by atoms with Crippen LogP contribution >= 0.6 is 11.6 Å². The number of fused-ring (bicyclic) bond motifs is 3. The van der Waals surface area contributed by atoms with Crippen molar-refractivity contribution < 1.29 is 31.1 Å². The number of hydrogen-bond acceptors (Lipinski definition) is 5. The number of nitrogens with zero attached hydrogens (tertiary/aromatic N) is 4. The van der Waals surface area contributed by atoms with Gasteiger partial charge in [-0.05, 0) is 103 Å². The fraction of sp³-hybridized carbons (Fsp3) is 0.217. The number of anilines is 3. The molecule has 0 atom stereocenters. The van der Waals surface area contributed by atoms with Gasteiger partial charge in [0, 0.05) is 70.5 Å². The summed E-state index contributed by atoms with van der Waals surface area (Å²) < 4.78 is 89.6. The van der Waals surface area contributed by atoms with E-state index >= 15 is 0 Å². The Bertz CT molecular complexity index is 2750. The molecule has 1 saturated heterocycles. The molecular weight excluding hydrogens is 774 g/mol. The van der Waals surface area contributed by atoms with Crippen molar-refractivity contribution in [3.8, 4) is 22.5 Å². The molecule has 58 heavy (non-hydrogen) atoms. The Morgan fingerprint density at radius 3 is 1.74 bits per heavy atom. The molecule has 0 amide bonds. The topological polar surface area (TPSA) is 41.5 Å². The van der Waals surface area contributed by atoms with Crippen LogP contribution in [-0.2, 0) is 10.2 Å². The Hall–Kier alpha value is -5.65. The molecule has 2 aliphatic rings. The average molecular weight is 811 g/mol. The molecule has 12 heteroatoms. The largest absolute Gasteiger partial charge is 0.378 e. The zero-order valence-electron chi connectivity index (χ0n) is 32.0. The van der Waals surface area contributed by atoms with E-state index in [9.17, 15) is 26.3 Å². The number of aromatic nitrogens is 2. The van der Waals surface area contributed by atoms with E-state index in [2.05, 4.69) is 51.8 Å². The lowest BCUT2D eigenvalue weighted by Gasteiger charge is -2.30. The molecule has 1 fully saturated rings. The second-order valence-electron chi connectivity index (χ2n) is 15.2. The van der Waals surface area contributed by atoms with Gasteiger partial charge >= 0.3 is 0 Å². The van der Waals surface area contributed by atoms with Gasteiger partial charge in [-0.1, -0.05) is 31.5 Å². The van der Waals surface area contributed by atoms with Crippen LogP contribution in [0, 0.1) is 48.8 Å². The van der Waals surface area contributed by atoms with E-state index in [4.69, 9.17) is 16.3 Å². The van der Waals surface area contributed by atoms with Gasteiger partial charge in [-0.25, -0.2) is 36.3 Å². The summed E-state index contributed by atoms with van der Waals surface area (Å²) in [5.74, 6) is -3.23. The van der Waals surface area contributed by atoms with Gasteiger partial charge in [0.2, 0.25) is 0 Å². The van der Waals surface area contributed by atoms with Crippen LogP contribution in [0.1, 0.15) is 30.5 Å². The Labute approximate surface area is 336 Å². The Morgan fingerprint density at radius 1 is 0.621 bits per heavy atom. The normalized spacial score (nSPS) is 14.8. The molecule has 5 nitrogen and oxygen atoms in total. The van der Waals surface area contributed by atoms with Crippen LogP contribution in [-0.4, -0.2) is 42.8 Å². The van der Waals surface area contributed by atoms with Crippen molar-refractivity contribution in [1.82, 2.24) is 9.97 Å². The molecule has 2 aliphatic heterocycles. The fourth-order valence-corrected chi connectivity index (χ4v) is 8.19. The van der Waals surface area contributed by atoms with Gasteiger partial charge < -0.3 is 14.5 Å². The van der Waals surface area contributed by atoms with Crippen molar-refractivity contribution in [2.75, 3.05) is 42.6 Å². The van der Waals surface area contributed by atoms with Gasteiger partial charge in [0.25, 0.3) is 0 Å². The Balaban J connectivity index is 0.000000189. The highest BCUT2D eigenvalue weighted by molar-refractivity contribution is 6.36. The predicted octanol–water partition coefficient (Wildman–Crippen LogP) is 12.2. The van der Waals surface area contributed by atoms with Crippen LogP contribution in [0.2, 0.25) is 5.02 Å². The van der Waals surface area contributed by atoms with E-state index in [0.717, 1.165) is 71.9 Å². The first-order valence-corrected chi connectivity index (χ1v) is 19.1. The maximum atomic E-state index is 14.9. The number of halogens is 7. The van der Waals surface area contributed by atoms with Gasteiger partial charge in [-0.3, -0.25) is 0 Å². The molecule has 0 aliphatic carbocycles. The van der Waals surface area contributed by atoms with E-state index in [1.165, 1.54) is 35.9 Å². The summed E-state index contributed by atoms with van der Waals surface area (Å²) in [6, 6.07) is 21.5. The molecule has 7 aromatic rings. The summed E-state index contributed by atoms with van der Waals surface area (Å²) in [6.07, 6.45) is 0. The summed E-state index contributed by atoms with van der Waals surface area (Å²) in [6.45, 7) is 11.6. The van der Waals surface area contributed by atoms with Gasteiger partial charge in [-0.15, -0.1) is 0 Å². The standard InChI is InChI=1S/C30H28F3N3O.C16H9ClF3N/c1-18-28(23-14-19(31)5-9-25(23)33)34-26-15-20(32)4-7-22(26)29(18)36-17-30(2,3)24-8-6-21(16-27(24)36)35-10-12-37-13-11-35;1-8-15(17)11-4-2-10(19)7-14(11)21-16(8)12-6-9(18)3-5-13(12)20/h4-9,14-16H,10-13,17H2,1-3H3;2-7H,1H3. The summed E-state index contributed by atoms with van der Waals surface area (Å²) in [4.78, 5) is 13.4. The van der Waals surface area contributed by atoms with Crippen LogP contribution in [0.3, 0.4) is 0 Å².